The van der Waals surface area contributed by atoms with Crippen LogP contribution in [0.25, 0.3) is 0 Å². The van der Waals surface area contributed by atoms with Crippen LogP contribution in [0.2, 0.25) is 0 Å². The van der Waals surface area contributed by atoms with Crippen molar-refractivity contribution in [2.24, 2.45) is 0 Å². The largest absolute Gasteiger partial charge is 0.480 e. The van der Waals surface area contributed by atoms with Gasteiger partial charge in [0.05, 0.1) is 0 Å². The number of hydrogen-bond acceptors (Lipinski definition) is 3. The van der Waals surface area contributed by atoms with Crippen LogP contribution >= 0.6 is 0 Å². The highest BCUT2D eigenvalue weighted by Crippen LogP contribution is 2.18. The lowest BCUT2D eigenvalue weighted by Gasteiger charge is -2.20. The SMILES string of the molecule is O=C(CN1C(=O)CCC1C(=O)O)NCc1ccccc1. The topological polar surface area (TPSA) is 86.7 Å². The van der Waals surface area contributed by atoms with Crippen molar-refractivity contribution in [1.82, 2.24) is 10.2 Å². The minimum atomic E-state index is -1.06. The summed E-state index contributed by atoms with van der Waals surface area (Å²) in [6, 6.07) is 8.48. The normalized spacial score (nSPS) is 18.1. The fourth-order valence-electron chi connectivity index (χ4n) is 2.20. The number of carboxylic acid groups (broad SMARTS) is 1. The Labute approximate surface area is 116 Å². The molecule has 2 N–H and O–H groups in total. The van der Waals surface area contributed by atoms with Crippen LogP contribution in [0.5, 0.6) is 0 Å². The van der Waals surface area contributed by atoms with Crippen LogP contribution in [-0.2, 0) is 20.9 Å². The number of rotatable bonds is 5. The van der Waals surface area contributed by atoms with Gasteiger partial charge in [-0.1, -0.05) is 30.3 Å². The molecule has 0 saturated carbocycles. The summed E-state index contributed by atoms with van der Waals surface area (Å²) in [7, 11) is 0. The van der Waals surface area contributed by atoms with E-state index in [9.17, 15) is 14.4 Å². The van der Waals surface area contributed by atoms with Crippen molar-refractivity contribution in [3.05, 3.63) is 35.9 Å². The van der Waals surface area contributed by atoms with Gasteiger partial charge in [0.25, 0.3) is 0 Å². The first kappa shape index (κ1) is 14.0. The number of carbonyl (C=O) groups excluding carboxylic acids is 2. The third kappa shape index (κ3) is 3.34. The first-order valence-electron chi connectivity index (χ1n) is 6.41. The van der Waals surface area contributed by atoms with Gasteiger partial charge < -0.3 is 15.3 Å². The van der Waals surface area contributed by atoms with Gasteiger partial charge in [-0.25, -0.2) is 4.79 Å². The monoisotopic (exact) mass is 276 g/mol. The van der Waals surface area contributed by atoms with Crippen molar-refractivity contribution in [1.29, 1.82) is 0 Å². The maximum Gasteiger partial charge on any atom is 0.326 e. The molecule has 1 aromatic rings. The number of likely N-dealkylation sites (tertiary alicyclic amines) is 1. The Hall–Kier alpha value is -2.37. The molecule has 1 fully saturated rings. The fraction of sp³-hybridized carbons (Fsp3) is 0.357. The van der Waals surface area contributed by atoms with Crippen molar-refractivity contribution in [2.75, 3.05) is 6.54 Å². The average Bonchev–Trinajstić information content (AvgIpc) is 2.79. The lowest BCUT2D eigenvalue weighted by atomic mass is 10.2. The van der Waals surface area contributed by atoms with Crippen LogP contribution < -0.4 is 5.32 Å². The Balaban J connectivity index is 1.87. The van der Waals surface area contributed by atoms with Gasteiger partial charge in [0.15, 0.2) is 0 Å². The summed E-state index contributed by atoms with van der Waals surface area (Å²) in [4.78, 5) is 35.5. The fourth-order valence-corrected chi connectivity index (χ4v) is 2.20. The minimum absolute atomic E-state index is 0.183. The van der Waals surface area contributed by atoms with E-state index < -0.39 is 12.0 Å². The molecule has 0 radical (unpaired) electrons. The highest BCUT2D eigenvalue weighted by molar-refractivity contribution is 5.91. The zero-order valence-corrected chi connectivity index (χ0v) is 10.9. The van der Waals surface area contributed by atoms with Crippen molar-refractivity contribution in [2.45, 2.75) is 25.4 Å². The number of hydrogen-bond donors (Lipinski definition) is 2. The number of benzene rings is 1. The van der Waals surface area contributed by atoms with Crippen molar-refractivity contribution in [3.8, 4) is 0 Å². The molecule has 1 heterocycles. The molecule has 0 bridgehead atoms. The van der Waals surface area contributed by atoms with Gasteiger partial charge in [-0.2, -0.15) is 0 Å². The van der Waals surface area contributed by atoms with Crippen molar-refractivity contribution in [3.63, 3.8) is 0 Å². The molecule has 1 aliphatic rings. The predicted molar refractivity (Wildman–Crippen MR) is 70.7 cm³/mol. The molecule has 1 aromatic carbocycles. The Kier molecular flexibility index (Phi) is 4.34. The lowest BCUT2D eigenvalue weighted by molar-refractivity contribution is -0.147. The second-order valence-electron chi connectivity index (χ2n) is 4.68. The maximum absolute atomic E-state index is 11.8. The number of nitrogens with zero attached hydrogens (tertiary/aromatic N) is 1. The van der Waals surface area contributed by atoms with Crippen LogP contribution in [0.1, 0.15) is 18.4 Å². The van der Waals surface area contributed by atoms with Crippen LogP contribution in [0.15, 0.2) is 30.3 Å². The van der Waals surface area contributed by atoms with E-state index in [-0.39, 0.29) is 31.2 Å². The second-order valence-corrected chi connectivity index (χ2v) is 4.68. The Morgan fingerprint density at radius 1 is 1.30 bits per heavy atom. The molecule has 0 aliphatic carbocycles. The van der Waals surface area contributed by atoms with Crippen LogP contribution in [0, 0.1) is 0 Å². The molecule has 1 aliphatic heterocycles. The Morgan fingerprint density at radius 3 is 2.65 bits per heavy atom. The van der Waals surface area contributed by atoms with E-state index in [2.05, 4.69) is 5.32 Å². The molecular formula is C14H16N2O4. The highest BCUT2D eigenvalue weighted by atomic mass is 16.4. The summed E-state index contributed by atoms with van der Waals surface area (Å²) >= 11 is 0. The maximum atomic E-state index is 11.8. The highest BCUT2D eigenvalue weighted by Gasteiger charge is 2.36. The summed E-state index contributed by atoms with van der Waals surface area (Å²) in [5, 5.41) is 11.7. The number of nitrogens with one attached hydrogen (secondary N) is 1. The van der Waals surface area contributed by atoms with E-state index in [0.29, 0.717) is 6.54 Å². The van der Waals surface area contributed by atoms with Gasteiger partial charge >= 0.3 is 5.97 Å². The van der Waals surface area contributed by atoms with Gasteiger partial charge in [-0.05, 0) is 12.0 Å². The first-order valence-corrected chi connectivity index (χ1v) is 6.41. The first-order chi connectivity index (χ1) is 9.58. The number of amides is 2. The van der Waals surface area contributed by atoms with E-state index in [1.807, 2.05) is 30.3 Å². The Morgan fingerprint density at radius 2 is 2.00 bits per heavy atom. The van der Waals surface area contributed by atoms with Crippen LogP contribution in [-0.4, -0.2) is 40.4 Å². The van der Waals surface area contributed by atoms with E-state index in [1.165, 1.54) is 0 Å². The van der Waals surface area contributed by atoms with Gasteiger partial charge in [-0.3, -0.25) is 9.59 Å². The molecule has 2 amide bonds. The number of carboxylic acids is 1. The molecule has 1 unspecified atom stereocenters. The molecule has 0 spiro atoms. The third-order valence-electron chi connectivity index (χ3n) is 3.26. The van der Waals surface area contributed by atoms with Crippen molar-refractivity contribution < 1.29 is 19.5 Å². The number of aliphatic carboxylic acids is 1. The summed E-state index contributed by atoms with van der Waals surface area (Å²) in [5.41, 5.74) is 0.948. The van der Waals surface area contributed by atoms with E-state index in [4.69, 9.17) is 5.11 Å². The quantitative estimate of drug-likeness (QED) is 0.814. The minimum Gasteiger partial charge on any atom is -0.480 e. The van der Waals surface area contributed by atoms with Gasteiger partial charge in [0.1, 0.15) is 12.6 Å². The van der Waals surface area contributed by atoms with Gasteiger partial charge in [0.2, 0.25) is 11.8 Å². The third-order valence-corrected chi connectivity index (χ3v) is 3.26. The molecule has 1 atom stereocenters. The van der Waals surface area contributed by atoms with Gasteiger partial charge in [0, 0.05) is 13.0 Å². The molecule has 1 saturated heterocycles. The lowest BCUT2D eigenvalue weighted by Crippen LogP contribution is -2.44. The summed E-state index contributed by atoms with van der Waals surface area (Å²) < 4.78 is 0. The molecule has 20 heavy (non-hydrogen) atoms. The van der Waals surface area contributed by atoms with Crippen molar-refractivity contribution >= 4 is 17.8 Å². The van der Waals surface area contributed by atoms with E-state index in [1.54, 1.807) is 0 Å². The zero-order chi connectivity index (χ0) is 14.5. The Bertz CT molecular complexity index is 515. The number of carbonyl (C=O) groups is 3. The zero-order valence-electron chi connectivity index (χ0n) is 10.9. The molecule has 2 rings (SSSR count). The smallest absolute Gasteiger partial charge is 0.326 e. The molecular weight excluding hydrogens is 260 g/mol. The summed E-state index contributed by atoms with van der Waals surface area (Å²) in [6.45, 7) is 0.155. The predicted octanol–water partition coefficient (Wildman–Crippen LogP) is 0.378. The van der Waals surface area contributed by atoms with Crippen LogP contribution in [0.4, 0.5) is 0 Å². The summed E-state index contributed by atoms with van der Waals surface area (Å²) in [5.74, 6) is -1.70. The van der Waals surface area contributed by atoms with Crippen LogP contribution in [0.3, 0.4) is 0 Å². The average molecular weight is 276 g/mol. The van der Waals surface area contributed by atoms with E-state index in [0.717, 1.165) is 10.5 Å². The standard InChI is InChI=1S/C14H16N2O4/c17-12(15-8-10-4-2-1-3-5-10)9-16-11(14(19)20)6-7-13(16)18/h1-5,11H,6-9H2,(H,15,17)(H,19,20). The van der Waals surface area contributed by atoms with Gasteiger partial charge in [-0.15, -0.1) is 0 Å². The molecule has 6 nitrogen and oxygen atoms in total. The second kappa shape index (κ2) is 6.18. The molecule has 0 aromatic heterocycles. The van der Waals surface area contributed by atoms with E-state index >= 15 is 0 Å². The summed E-state index contributed by atoms with van der Waals surface area (Å²) in [6.07, 6.45) is 0.447. The molecule has 6 heteroatoms. The molecule has 106 valence electrons.